The van der Waals surface area contributed by atoms with Crippen molar-refractivity contribution >= 4 is 35.0 Å². The summed E-state index contributed by atoms with van der Waals surface area (Å²) in [5.41, 5.74) is -2.97. The SMILES string of the molecule is CO[C@@](C(=O)OC(COc1ccc(-c2ccc(F)cc2)cc1)c1csc(SC(C)(C)C(=O)OC(C)(C)C)n1)(c1ccccc1)C(F)(F)F. The van der Waals surface area contributed by atoms with Gasteiger partial charge >= 0.3 is 18.1 Å². The second kappa shape index (κ2) is 14.7. The Labute approximate surface area is 284 Å². The molecule has 4 aromatic rings. The molecular formula is C35H35F4NO6S2. The lowest BCUT2D eigenvalue weighted by molar-refractivity contribution is -0.278. The topological polar surface area (TPSA) is 84.0 Å². The van der Waals surface area contributed by atoms with Crippen LogP contribution >= 0.6 is 23.1 Å². The van der Waals surface area contributed by atoms with Crippen LogP contribution in [0.15, 0.2) is 88.6 Å². The minimum Gasteiger partial charge on any atom is -0.489 e. The van der Waals surface area contributed by atoms with E-state index in [9.17, 15) is 27.2 Å². The molecule has 0 aliphatic carbocycles. The van der Waals surface area contributed by atoms with Crippen LogP contribution in [0.1, 0.15) is 52.0 Å². The number of nitrogens with zero attached hydrogens (tertiary/aromatic N) is 1. The maximum absolute atomic E-state index is 14.7. The molecule has 256 valence electrons. The van der Waals surface area contributed by atoms with Gasteiger partial charge in [0.1, 0.15) is 28.5 Å². The number of hydrogen-bond acceptors (Lipinski definition) is 9. The number of hydrogen-bond donors (Lipinski definition) is 0. The number of aromatic nitrogens is 1. The molecule has 0 aliphatic rings. The third kappa shape index (κ3) is 8.74. The van der Waals surface area contributed by atoms with Crippen LogP contribution in [-0.2, 0) is 29.4 Å². The van der Waals surface area contributed by atoms with Crippen LogP contribution in [0.5, 0.6) is 5.75 Å². The molecular weight excluding hydrogens is 671 g/mol. The summed E-state index contributed by atoms with van der Waals surface area (Å²) >= 11 is 2.22. The highest BCUT2D eigenvalue weighted by atomic mass is 32.2. The van der Waals surface area contributed by atoms with Crippen molar-refractivity contribution in [3.63, 3.8) is 0 Å². The van der Waals surface area contributed by atoms with E-state index in [1.807, 2.05) is 0 Å². The molecule has 0 N–H and O–H groups in total. The second-order valence-corrected chi connectivity index (χ2v) is 14.9. The lowest BCUT2D eigenvalue weighted by Gasteiger charge is -2.33. The van der Waals surface area contributed by atoms with Gasteiger partial charge in [0.2, 0.25) is 0 Å². The van der Waals surface area contributed by atoms with E-state index in [1.165, 1.54) is 35.7 Å². The number of benzene rings is 3. The Hall–Kier alpha value is -3.94. The summed E-state index contributed by atoms with van der Waals surface area (Å²) in [5.74, 6) is -2.23. The van der Waals surface area contributed by atoms with Gasteiger partial charge in [-0.3, -0.25) is 4.79 Å². The highest BCUT2D eigenvalue weighted by Crippen LogP contribution is 2.44. The number of alkyl halides is 3. The van der Waals surface area contributed by atoms with Crippen molar-refractivity contribution in [1.82, 2.24) is 4.98 Å². The number of thiazole rings is 1. The van der Waals surface area contributed by atoms with Crippen molar-refractivity contribution in [3.8, 4) is 16.9 Å². The summed E-state index contributed by atoms with van der Waals surface area (Å²) in [6.45, 7) is 8.17. The Bertz CT molecular complexity index is 1690. The first-order valence-electron chi connectivity index (χ1n) is 14.7. The van der Waals surface area contributed by atoms with E-state index in [0.29, 0.717) is 10.1 Å². The molecule has 0 radical (unpaired) electrons. The van der Waals surface area contributed by atoms with E-state index < -0.39 is 52.3 Å². The number of rotatable bonds is 12. The van der Waals surface area contributed by atoms with Gasteiger partial charge in [-0.15, -0.1) is 11.3 Å². The Morgan fingerprint density at radius 1 is 0.854 bits per heavy atom. The molecule has 1 aromatic heterocycles. The summed E-state index contributed by atoms with van der Waals surface area (Å²) < 4.78 is 78.6. The number of carbonyl (C=O) groups excluding carboxylic acids is 2. The first-order valence-corrected chi connectivity index (χ1v) is 16.4. The van der Waals surface area contributed by atoms with Crippen LogP contribution in [0.25, 0.3) is 11.1 Å². The highest BCUT2D eigenvalue weighted by Gasteiger charge is 2.64. The zero-order valence-electron chi connectivity index (χ0n) is 27.1. The largest absolute Gasteiger partial charge is 0.489 e. The molecule has 0 aliphatic heterocycles. The van der Waals surface area contributed by atoms with Gasteiger partial charge in [0.15, 0.2) is 10.4 Å². The third-order valence-electron chi connectivity index (χ3n) is 6.92. The van der Waals surface area contributed by atoms with Crippen LogP contribution < -0.4 is 4.74 Å². The molecule has 0 fully saturated rings. The van der Waals surface area contributed by atoms with Crippen molar-refractivity contribution in [2.45, 2.75) is 67.2 Å². The van der Waals surface area contributed by atoms with Crippen molar-refractivity contribution in [2.24, 2.45) is 0 Å². The molecule has 1 unspecified atom stereocenters. The quantitative estimate of drug-likeness (QED) is 0.0821. The Morgan fingerprint density at radius 2 is 1.44 bits per heavy atom. The Kier molecular flexibility index (Phi) is 11.3. The molecule has 3 aromatic carbocycles. The molecule has 0 amide bonds. The second-order valence-electron chi connectivity index (χ2n) is 12.1. The normalized spacial score (nSPS) is 14.1. The Morgan fingerprint density at radius 3 is 1.98 bits per heavy atom. The van der Waals surface area contributed by atoms with Crippen molar-refractivity contribution in [1.29, 1.82) is 0 Å². The standard InChI is InChI=1S/C35H35F4NO6S2/c1-32(2,3)46-29(41)33(4,5)48-31-40-27(21-47-31)28(20-44-26-18-14-23(15-19-26)22-12-16-25(36)17-13-22)45-30(42)34(43-6,35(37,38)39)24-10-8-7-9-11-24/h7-19,21,28H,20H2,1-6H3/t28?,34-/m1/s1. The number of halogens is 4. The average molecular weight is 706 g/mol. The number of ether oxygens (including phenoxy) is 4. The van der Waals surface area contributed by atoms with Crippen molar-refractivity contribution in [3.05, 3.63) is 101 Å². The smallest absolute Gasteiger partial charge is 0.432 e. The molecule has 13 heteroatoms. The van der Waals surface area contributed by atoms with E-state index in [-0.39, 0.29) is 11.5 Å². The van der Waals surface area contributed by atoms with Crippen molar-refractivity contribution in [2.75, 3.05) is 13.7 Å². The van der Waals surface area contributed by atoms with Gasteiger partial charge < -0.3 is 18.9 Å². The minimum absolute atomic E-state index is 0.110. The van der Waals surface area contributed by atoms with Crippen LogP contribution in [0, 0.1) is 5.82 Å². The molecule has 1 heterocycles. The van der Waals surface area contributed by atoms with Gasteiger partial charge in [-0.2, -0.15) is 13.2 Å². The number of carbonyl (C=O) groups is 2. The van der Waals surface area contributed by atoms with Crippen LogP contribution in [0.2, 0.25) is 0 Å². The van der Waals surface area contributed by atoms with E-state index in [1.54, 1.807) is 71.0 Å². The zero-order valence-corrected chi connectivity index (χ0v) is 28.7. The van der Waals surface area contributed by atoms with Gasteiger partial charge in [-0.25, -0.2) is 14.2 Å². The fraction of sp³-hybridized carbons (Fsp3) is 0.343. The number of methoxy groups -OCH3 is 1. The maximum atomic E-state index is 14.7. The lowest BCUT2D eigenvalue weighted by atomic mass is 9.92. The van der Waals surface area contributed by atoms with Gasteiger partial charge in [0, 0.05) is 18.1 Å². The third-order valence-corrected chi connectivity index (χ3v) is 9.05. The molecule has 48 heavy (non-hydrogen) atoms. The highest BCUT2D eigenvalue weighted by molar-refractivity contribution is 8.03. The number of thioether (sulfide) groups is 1. The molecule has 0 bridgehead atoms. The maximum Gasteiger partial charge on any atom is 0.432 e. The Balaban J connectivity index is 1.63. The summed E-state index contributed by atoms with van der Waals surface area (Å²) in [6.07, 6.45) is -6.60. The molecule has 2 atom stereocenters. The first-order chi connectivity index (χ1) is 22.4. The van der Waals surface area contributed by atoms with E-state index >= 15 is 0 Å². The van der Waals surface area contributed by atoms with Crippen LogP contribution in [-0.4, -0.2) is 47.2 Å². The minimum atomic E-state index is -5.19. The number of esters is 2. The lowest BCUT2D eigenvalue weighted by Crippen LogP contribution is -2.52. The van der Waals surface area contributed by atoms with Crippen LogP contribution in [0.4, 0.5) is 17.6 Å². The van der Waals surface area contributed by atoms with Gasteiger partial charge in [-0.05, 0) is 70.0 Å². The molecule has 4 rings (SSSR count). The average Bonchev–Trinajstić information content (AvgIpc) is 3.47. The summed E-state index contributed by atoms with van der Waals surface area (Å²) in [4.78, 5) is 30.9. The summed E-state index contributed by atoms with van der Waals surface area (Å²) in [6, 6.07) is 19.1. The summed E-state index contributed by atoms with van der Waals surface area (Å²) in [5, 5.41) is 1.52. The molecule has 0 saturated heterocycles. The van der Waals surface area contributed by atoms with Gasteiger partial charge in [0.25, 0.3) is 5.60 Å². The predicted molar refractivity (Wildman–Crippen MR) is 175 cm³/mol. The summed E-state index contributed by atoms with van der Waals surface area (Å²) in [7, 11) is 0.784. The van der Waals surface area contributed by atoms with Gasteiger partial charge in [-0.1, -0.05) is 66.4 Å². The molecule has 0 spiro atoms. The fourth-order valence-corrected chi connectivity index (χ4v) is 6.72. The zero-order chi connectivity index (χ0) is 35.3. The van der Waals surface area contributed by atoms with Gasteiger partial charge in [0.05, 0.1) is 5.69 Å². The van der Waals surface area contributed by atoms with Crippen LogP contribution in [0.3, 0.4) is 0 Å². The van der Waals surface area contributed by atoms with Crippen molar-refractivity contribution < 1.29 is 46.1 Å². The van der Waals surface area contributed by atoms with E-state index in [4.69, 9.17) is 18.9 Å². The fourth-order valence-electron chi connectivity index (χ4n) is 4.46. The first kappa shape index (κ1) is 36.9. The molecule has 7 nitrogen and oxygen atoms in total. The monoisotopic (exact) mass is 705 g/mol. The van der Waals surface area contributed by atoms with E-state index in [2.05, 4.69) is 4.98 Å². The molecule has 0 saturated carbocycles. The predicted octanol–water partition coefficient (Wildman–Crippen LogP) is 8.93. The van der Waals surface area contributed by atoms with E-state index in [0.717, 1.165) is 53.5 Å².